The van der Waals surface area contributed by atoms with Crippen molar-refractivity contribution in [3.8, 4) is 0 Å². The van der Waals surface area contributed by atoms with Gasteiger partial charge in [-0.15, -0.1) is 0 Å². The lowest BCUT2D eigenvalue weighted by molar-refractivity contribution is -0.145. The summed E-state index contributed by atoms with van der Waals surface area (Å²) in [4.78, 5) is 30.2. The van der Waals surface area contributed by atoms with E-state index in [4.69, 9.17) is 0 Å². The van der Waals surface area contributed by atoms with Crippen molar-refractivity contribution in [1.29, 1.82) is 0 Å². The molecule has 154 valence electrons. The number of likely N-dealkylation sites (N-methyl/N-ethyl adjacent to an activating group) is 1. The van der Waals surface area contributed by atoms with Crippen molar-refractivity contribution in [2.75, 3.05) is 52.9 Å². The second-order valence-corrected chi connectivity index (χ2v) is 7.97. The second kappa shape index (κ2) is 9.03. The molecule has 0 aliphatic carbocycles. The molecule has 7 nitrogen and oxygen atoms in total. The van der Waals surface area contributed by atoms with E-state index < -0.39 is 5.60 Å². The van der Waals surface area contributed by atoms with Crippen LogP contribution in [0.5, 0.6) is 0 Å². The van der Waals surface area contributed by atoms with Crippen LogP contribution >= 0.6 is 0 Å². The standard InChI is InChI=1S/C21H32N4O3/c1-17(26)22-10-8-20(27)25-11-9-21(28,18-6-4-3-5-7-18)19(16-25)24-14-12-23(2)13-15-24/h3-7,19,28H,8-16H2,1-2H3,(H,22,26)/t19-,21+/m1/s1. The van der Waals surface area contributed by atoms with Crippen molar-refractivity contribution in [2.24, 2.45) is 0 Å². The molecule has 0 spiro atoms. The van der Waals surface area contributed by atoms with Crippen LogP contribution < -0.4 is 5.32 Å². The number of likely N-dealkylation sites (tertiary alicyclic amines) is 1. The summed E-state index contributed by atoms with van der Waals surface area (Å²) in [7, 11) is 2.11. The summed E-state index contributed by atoms with van der Waals surface area (Å²) >= 11 is 0. The van der Waals surface area contributed by atoms with E-state index >= 15 is 0 Å². The fraction of sp³-hybridized carbons (Fsp3) is 0.619. The molecular formula is C21H32N4O3. The lowest BCUT2D eigenvalue weighted by Crippen LogP contribution is -2.64. The van der Waals surface area contributed by atoms with Gasteiger partial charge in [-0.05, 0) is 19.0 Å². The third-order valence-electron chi connectivity index (χ3n) is 6.03. The smallest absolute Gasteiger partial charge is 0.224 e. The third-order valence-corrected chi connectivity index (χ3v) is 6.03. The predicted molar refractivity (Wildman–Crippen MR) is 108 cm³/mol. The van der Waals surface area contributed by atoms with Gasteiger partial charge in [-0.2, -0.15) is 0 Å². The minimum Gasteiger partial charge on any atom is -0.383 e. The number of aliphatic hydroxyl groups is 1. The topological polar surface area (TPSA) is 76.1 Å². The number of amides is 2. The SMILES string of the molecule is CC(=O)NCCC(=O)N1CC[C@](O)(c2ccccc2)[C@H](N2CCN(C)CC2)C1. The molecule has 0 saturated carbocycles. The number of hydrogen-bond acceptors (Lipinski definition) is 5. The summed E-state index contributed by atoms with van der Waals surface area (Å²) in [6, 6.07) is 9.70. The fourth-order valence-electron chi connectivity index (χ4n) is 4.27. The number of carbonyl (C=O) groups excluding carboxylic acids is 2. The number of rotatable bonds is 5. The molecule has 2 N–H and O–H groups in total. The van der Waals surface area contributed by atoms with Gasteiger partial charge in [-0.3, -0.25) is 14.5 Å². The van der Waals surface area contributed by atoms with Gasteiger partial charge in [0, 0.05) is 59.2 Å². The zero-order valence-corrected chi connectivity index (χ0v) is 16.9. The molecule has 2 saturated heterocycles. The van der Waals surface area contributed by atoms with E-state index in [1.165, 1.54) is 6.92 Å². The Morgan fingerprint density at radius 1 is 1.14 bits per heavy atom. The molecule has 2 fully saturated rings. The van der Waals surface area contributed by atoms with Crippen molar-refractivity contribution in [1.82, 2.24) is 20.0 Å². The first-order chi connectivity index (χ1) is 13.4. The molecule has 0 aromatic heterocycles. The largest absolute Gasteiger partial charge is 0.383 e. The Labute approximate surface area is 167 Å². The molecule has 2 aliphatic heterocycles. The average molecular weight is 389 g/mol. The molecule has 2 heterocycles. The Bertz CT molecular complexity index is 675. The fourth-order valence-corrected chi connectivity index (χ4v) is 4.27. The maximum atomic E-state index is 12.7. The molecule has 3 rings (SSSR count). The number of nitrogens with zero attached hydrogens (tertiary/aromatic N) is 3. The minimum atomic E-state index is -0.967. The first-order valence-corrected chi connectivity index (χ1v) is 10.1. The molecular weight excluding hydrogens is 356 g/mol. The quantitative estimate of drug-likeness (QED) is 0.756. The van der Waals surface area contributed by atoms with E-state index in [9.17, 15) is 14.7 Å². The number of benzene rings is 1. The molecule has 1 aromatic rings. The average Bonchev–Trinajstić information content (AvgIpc) is 2.69. The van der Waals surface area contributed by atoms with Gasteiger partial charge in [-0.25, -0.2) is 0 Å². The van der Waals surface area contributed by atoms with Crippen LogP contribution in [0.15, 0.2) is 30.3 Å². The molecule has 1 aromatic carbocycles. The van der Waals surface area contributed by atoms with Crippen molar-refractivity contribution in [2.45, 2.75) is 31.4 Å². The Kier molecular flexibility index (Phi) is 6.69. The van der Waals surface area contributed by atoms with Crippen molar-refractivity contribution >= 4 is 11.8 Å². The lowest BCUT2D eigenvalue weighted by atomic mass is 9.79. The van der Waals surface area contributed by atoms with Crippen LogP contribution in [0.2, 0.25) is 0 Å². The van der Waals surface area contributed by atoms with E-state index in [1.54, 1.807) is 0 Å². The highest BCUT2D eigenvalue weighted by Crippen LogP contribution is 2.36. The lowest BCUT2D eigenvalue weighted by Gasteiger charge is -2.51. The van der Waals surface area contributed by atoms with Gasteiger partial charge in [0.05, 0.1) is 6.04 Å². The van der Waals surface area contributed by atoms with Crippen LogP contribution in [0.1, 0.15) is 25.3 Å². The Morgan fingerprint density at radius 2 is 1.82 bits per heavy atom. The maximum absolute atomic E-state index is 12.7. The molecule has 7 heteroatoms. The highest BCUT2D eigenvalue weighted by atomic mass is 16.3. The van der Waals surface area contributed by atoms with E-state index in [0.717, 1.165) is 31.7 Å². The summed E-state index contributed by atoms with van der Waals surface area (Å²) in [5, 5.41) is 14.4. The van der Waals surface area contributed by atoms with Crippen LogP contribution in [0.4, 0.5) is 0 Å². The van der Waals surface area contributed by atoms with E-state index in [-0.39, 0.29) is 17.9 Å². The predicted octanol–water partition coefficient (Wildman–Crippen LogP) is 0.249. The van der Waals surface area contributed by atoms with E-state index in [0.29, 0.717) is 32.5 Å². The van der Waals surface area contributed by atoms with Gasteiger partial charge < -0.3 is 20.2 Å². The summed E-state index contributed by atoms with van der Waals surface area (Å²) in [6.07, 6.45) is 0.804. The first-order valence-electron chi connectivity index (χ1n) is 10.1. The minimum absolute atomic E-state index is 0.0305. The molecule has 2 atom stereocenters. The summed E-state index contributed by atoms with van der Waals surface area (Å²) < 4.78 is 0. The Hall–Kier alpha value is -1.96. The van der Waals surface area contributed by atoms with E-state index in [1.807, 2.05) is 35.2 Å². The molecule has 0 radical (unpaired) electrons. The van der Waals surface area contributed by atoms with Crippen LogP contribution in [-0.4, -0.2) is 90.5 Å². The van der Waals surface area contributed by atoms with Gasteiger partial charge in [0.2, 0.25) is 11.8 Å². The van der Waals surface area contributed by atoms with Crippen molar-refractivity contribution < 1.29 is 14.7 Å². The van der Waals surface area contributed by atoms with Gasteiger partial charge in [0.25, 0.3) is 0 Å². The zero-order chi connectivity index (χ0) is 20.1. The number of piperidine rings is 1. The molecule has 0 bridgehead atoms. The summed E-state index contributed by atoms with van der Waals surface area (Å²) in [5.41, 5.74) is -0.0461. The molecule has 2 aliphatic rings. The van der Waals surface area contributed by atoms with Crippen LogP contribution in [-0.2, 0) is 15.2 Å². The summed E-state index contributed by atoms with van der Waals surface area (Å²) in [5.74, 6) is -0.0943. The van der Waals surface area contributed by atoms with Crippen LogP contribution in [0.3, 0.4) is 0 Å². The summed E-state index contributed by atoms with van der Waals surface area (Å²) in [6.45, 7) is 6.51. The molecule has 2 amide bonds. The number of hydrogen-bond donors (Lipinski definition) is 2. The van der Waals surface area contributed by atoms with Crippen LogP contribution in [0.25, 0.3) is 0 Å². The first kappa shape index (κ1) is 20.8. The molecule has 0 unspecified atom stereocenters. The van der Waals surface area contributed by atoms with Crippen molar-refractivity contribution in [3.63, 3.8) is 0 Å². The number of piperazine rings is 1. The zero-order valence-electron chi connectivity index (χ0n) is 16.9. The maximum Gasteiger partial charge on any atom is 0.224 e. The molecule has 28 heavy (non-hydrogen) atoms. The van der Waals surface area contributed by atoms with Crippen LogP contribution in [0, 0.1) is 0 Å². The van der Waals surface area contributed by atoms with Crippen molar-refractivity contribution in [3.05, 3.63) is 35.9 Å². The Morgan fingerprint density at radius 3 is 2.46 bits per heavy atom. The van der Waals surface area contributed by atoms with Gasteiger partial charge in [0.15, 0.2) is 0 Å². The highest BCUT2D eigenvalue weighted by Gasteiger charge is 2.46. The second-order valence-electron chi connectivity index (χ2n) is 7.97. The third kappa shape index (κ3) is 4.71. The highest BCUT2D eigenvalue weighted by molar-refractivity contribution is 5.78. The normalized spacial score (nSPS) is 26.8. The monoisotopic (exact) mass is 388 g/mol. The Balaban J connectivity index is 1.75. The number of nitrogens with one attached hydrogen (secondary N) is 1. The number of carbonyl (C=O) groups is 2. The van der Waals surface area contributed by atoms with E-state index in [2.05, 4.69) is 22.2 Å². The van der Waals surface area contributed by atoms with Gasteiger partial charge in [0.1, 0.15) is 5.60 Å². The van der Waals surface area contributed by atoms with Gasteiger partial charge >= 0.3 is 0 Å². The van der Waals surface area contributed by atoms with Gasteiger partial charge in [-0.1, -0.05) is 30.3 Å².